The van der Waals surface area contributed by atoms with Gasteiger partial charge < -0.3 is 20.3 Å². The Bertz CT molecular complexity index is 540. The normalized spacial score (nSPS) is 21.3. The van der Waals surface area contributed by atoms with E-state index < -0.39 is 6.04 Å². The summed E-state index contributed by atoms with van der Waals surface area (Å²) in [6.07, 6.45) is 1.76. The molecule has 1 amide bonds. The van der Waals surface area contributed by atoms with Gasteiger partial charge in [-0.15, -0.1) is 0 Å². The zero-order valence-corrected chi connectivity index (χ0v) is 14.0. The van der Waals surface area contributed by atoms with E-state index in [-0.39, 0.29) is 11.8 Å². The van der Waals surface area contributed by atoms with E-state index in [0.717, 1.165) is 36.6 Å². The number of carbonyl (C=O) groups excluding carboxylic acids is 1. The summed E-state index contributed by atoms with van der Waals surface area (Å²) < 4.78 is 5.35. The molecule has 0 radical (unpaired) electrons. The zero-order valence-electron chi connectivity index (χ0n) is 13.3. The van der Waals surface area contributed by atoms with Crippen molar-refractivity contribution in [3.8, 4) is 0 Å². The third-order valence-electron chi connectivity index (χ3n) is 4.84. The number of amides is 1. The Labute approximate surface area is 142 Å². The average Bonchev–Trinajstić information content (AvgIpc) is 2.62. The first kappa shape index (κ1) is 16.6. The minimum atomic E-state index is -0.397. The lowest BCUT2D eigenvalue weighted by Gasteiger charge is -2.38. The van der Waals surface area contributed by atoms with Crippen LogP contribution in [0.3, 0.4) is 0 Å². The van der Waals surface area contributed by atoms with E-state index >= 15 is 0 Å². The predicted molar refractivity (Wildman–Crippen MR) is 91.8 cm³/mol. The second-order valence-corrected chi connectivity index (χ2v) is 6.65. The third-order valence-corrected chi connectivity index (χ3v) is 5.16. The van der Waals surface area contributed by atoms with Gasteiger partial charge in [0.05, 0.1) is 16.8 Å². The fraction of sp³-hybridized carbons (Fsp3) is 0.588. The highest BCUT2D eigenvalue weighted by Crippen LogP contribution is 2.26. The highest BCUT2D eigenvalue weighted by Gasteiger charge is 2.31. The maximum absolute atomic E-state index is 12.6. The number of nitrogens with zero attached hydrogens (tertiary/aromatic N) is 2. The standard InChI is InChI=1S/C17H24ClN3O2/c18-14-3-1-2-4-15(14)20-7-9-21(10-8-20)17(22)16(19)13-5-11-23-12-6-13/h1-4,13,16H,5-12,19H2. The summed E-state index contributed by atoms with van der Waals surface area (Å²) in [4.78, 5) is 16.7. The maximum atomic E-state index is 12.6. The molecule has 23 heavy (non-hydrogen) atoms. The lowest BCUT2D eigenvalue weighted by atomic mass is 9.91. The Morgan fingerprint density at radius 3 is 2.48 bits per heavy atom. The topological polar surface area (TPSA) is 58.8 Å². The third kappa shape index (κ3) is 3.79. The number of hydrogen-bond donors (Lipinski definition) is 1. The van der Waals surface area contributed by atoms with Gasteiger partial charge in [0.15, 0.2) is 0 Å². The Balaban J connectivity index is 1.56. The quantitative estimate of drug-likeness (QED) is 0.912. The molecule has 2 aliphatic heterocycles. The summed E-state index contributed by atoms with van der Waals surface area (Å²) in [5.74, 6) is 0.327. The molecule has 0 spiro atoms. The second-order valence-electron chi connectivity index (χ2n) is 6.24. The van der Waals surface area contributed by atoms with Crippen LogP contribution in [0.4, 0.5) is 5.69 Å². The molecule has 1 atom stereocenters. The summed E-state index contributed by atoms with van der Waals surface area (Å²) in [5.41, 5.74) is 7.25. The smallest absolute Gasteiger partial charge is 0.239 e. The van der Waals surface area contributed by atoms with Crippen LogP contribution in [-0.2, 0) is 9.53 Å². The molecule has 2 saturated heterocycles. The molecule has 2 heterocycles. The predicted octanol–water partition coefficient (Wildman–Crippen LogP) is 1.74. The SMILES string of the molecule is NC(C(=O)N1CCN(c2ccccc2Cl)CC1)C1CCOCC1. The van der Waals surface area contributed by atoms with E-state index in [1.54, 1.807) is 0 Å². The molecule has 1 aromatic carbocycles. The van der Waals surface area contributed by atoms with Crippen molar-refractivity contribution >= 4 is 23.2 Å². The molecule has 0 bridgehead atoms. The second kappa shape index (κ2) is 7.51. The van der Waals surface area contributed by atoms with Gasteiger partial charge in [0, 0.05) is 39.4 Å². The molecule has 0 aliphatic carbocycles. The number of halogens is 1. The average molecular weight is 338 g/mol. The van der Waals surface area contributed by atoms with E-state index in [4.69, 9.17) is 22.1 Å². The monoisotopic (exact) mass is 337 g/mol. The number of benzene rings is 1. The summed E-state index contributed by atoms with van der Waals surface area (Å²) in [7, 11) is 0. The number of rotatable bonds is 3. The molecule has 126 valence electrons. The molecule has 5 nitrogen and oxygen atoms in total. The van der Waals surface area contributed by atoms with Crippen molar-refractivity contribution in [1.29, 1.82) is 0 Å². The van der Waals surface area contributed by atoms with Gasteiger partial charge in [-0.05, 0) is 30.9 Å². The fourth-order valence-electron chi connectivity index (χ4n) is 3.36. The molecular weight excluding hydrogens is 314 g/mol. The van der Waals surface area contributed by atoms with E-state index in [2.05, 4.69) is 4.90 Å². The van der Waals surface area contributed by atoms with Crippen LogP contribution in [0.2, 0.25) is 5.02 Å². The zero-order chi connectivity index (χ0) is 16.2. The van der Waals surface area contributed by atoms with Crippen LogP contribution < -0.4 is 10.6 Å². The highest BCUT2D eigenvalue weighted by molar-refractivity contribution is 6.33. The van der Waals surface area contributed by atoms with Gasteiger partial charge in [-0.2, -0.15) is 0 Å². The van der Waals surface area contributed by atoms with Crippen LogP contribution in [0.15, 0.2) is 24.3 Å². The van der Waals surface area contributed by atoms with E-state index in [0.29, 0.717) is 26.3 Å². The summed E-state index contributed by atoms with van der Waals surface area (Å²) in [6, 6.07) is 7.44. The highest BCUT2D eigenvalue weighted by atomic mass is 35.5. The first-order chi connectivity index (χ1) is 11.2. The number of nitrogens with two attached hydrogens (primary N) is 1. The maximum Gasteiger partial charge on any atom is 0.239 e. The van der Waals surface area contributed by atoms with Gasteiger partial charge >= 0.3 is 0 Å². The van der Waals surface area contributed by atoms with Crippen LogP contribution in [0, 0.1) is 5.92 Å². The van der Waals surface area contributed by atoms with Crippen LogP contribution in [-0.4, -0.2) is 56.2 Å². The Kier molecular flexibility index (Phi) is 5.41. The summed E-state index contributed by atoms with van der Waals surface area (Å²) in [5, 5.41) is 0.756. The number of ether oxygens (including phenoxy) is 1. The Morgan fingerprint density at radius 1 is 1.17 bits per heavy atom. The van der Waals surface area contributed by atoms with Gasteiger partial charge in [-0.1, -0.05) is 23.7 Å². The van der Waals surface area contributed by atoms with Crippen LogP contribution in [0.25, 0.3) is 0 Å². The van der Waals surface area contributed by atoms with E-state index in [9.17, 15) is 4.79 Å². The molecule has 0 aromatic heterocycles. The number of hydrogen-bond acceptors (Lipinski definition) is 4. The summed E-state index contributed by atoms with van der Waals surface area (Å²) in [6.45, 7) is 4.39. The lowest BCUT2D eigenvalue weighted by molar-refractivity contribution is -0.135. The van der Waals surface area contributed by atoms with Gasteiger partial charge in [0.2, 0.25) is 5.91 Å². The Hall–Kier alpha value is -1.30. The van der Waals surface area contributed by atoms with E-state index in [1.165, 1.54) is 0 Å². The van der Waals surface area contributed by atoms with Crippen molar-refractivity contribution in [2.45, 2.75) is 18.9 Å². The minimum absolute atomic E-state index is 0.0794. The van der Waals surface area contributed by atoms with Gasteiger partial charge in [0.25, 0.3) is 0 Å². The molecular formula is C17H24ClN3O2. The molecule has 2 aliphatic rings. The fourth-order valence-corrected chi connectivity index (χ4v) is 3.62. The number of anilines is 1. The molecule has 2 fully saturated rings. The van der Waals surface area contributed by atoms with Crippen molar-refractivity contribution in [1.82, 2.24) is 4.90 Å². The van der Waals surface area contributed by atoms with Gasteiger partial charge in [-0.25, -0.2) is 0 Å². The van der Waals surface area contributed by atoms with Gasteiger partial charge in [-0.3, -0.25) is 4.79 Å². The van der Waals surface area contributed by atoms with Crippen molar-refractivity contribution in [2.24, 2.45) is 11.7 Å². The van der Waals surface area contributed by atoms with Crippen LogP contribution >= 0.6 is 11.6 Å². The first-order valence-electron chi connectivity index (χ1n) is 8.28. The van der Waals surface area contributed by atoms with Crippen molar-refractivity contribution in [2.75, 3.05) is 44.3 Å². The molecule has 3 rings (SSSR count). The molecule has 0 saturated carbocycles. The van der Waals surface area contributed by atoms with Gasteiger partial charge in [0.1, 0.15) is 0 Å². The minimum Gasteiger partial charge on any atom is -0.381 e. The van der Waals surface area contributed by atoms with Crippen LogP contribution in [0.1, 0.15) is 12.8 Å². The van der Waals surface area contributed by atoms with Crippen molar-refractivity contribution < 1.29 is 9.53 Å². The molecule has 2 N–H and O–H groups in total. The number of para-hydroxylation sites is 1. The summed E-state index contributed by atoms with van der Waals surface area (Å²) >= 11 is 6.25. The number of carbonyl (C=O) groups is 1. The largest absolute Gasteiger partial charge is 0.381 e. The number of piperazine rings is 1. The van der Waals surface area contributed by atoms with Crippen molar-refractivity contribution in [3.63, 3.8) is 0 Å². The lowest BCUT2D eigenvalue weighted by Crippen LogP contribution is -2.55. The first-order valence-corrected chi connectivity index (χ1v) is 8.66. The van der Waals surface area contributed by atoms with Crippen molar-refractivity contribution in [3.05, 3.63) is 29.3 Å². The van der Waals surface area contributed by atoms with E-state index in [1.807, 2.05) is 29.2 Å². The Morgan fingerprint density at radius 2 is 1.83 bits per heavy atom. The molecule has 6 heteroatoms. The van der Waals surface area contributed by atoms with Crippen LogP contribution in [0.5, 0.6) is 0 Å². The molecule has 1 unspecified atom stereocenters. The molecule has 1 aromatic rings.